The predicted molar refractivity (Wildman–Crippen MR) is 81.0 cm³/mol. The van der Waals surface area contributed by atoms with E-state index in [0.717, 1.165) is 6.07 Å². The van der Waals surface area contributed by atoms with E-state index >= 15 is 0 Å². The van der Waals surface area contributed by atoms with Crippen molar-refractivity contribution in [3.05, 3.63) is 29.8 Å². The van der Waals surface area contributed by atoms with E-state index in [1.807, 2.05) is 27.7 Å². The van der Waals surface area contributed by atoms with Crippen molar-refractivity contribution in [3.8, 4) is 5.75 Å². The average molecular weight is 349 g/mol. The molecule has 0 unspecified atom stereocenters. The molecule has 0 bridgehead atoms. The van der Waals surface area contributed by atoms with Crippen LogP contribution in [0, 0.1) is 0 Å². The topological polar surface area (TPSA) is 53.7 Å². The van der Waals surface area contributed by atoms with Crippen LogP contribution in [0.1, 0.15) is 39.2 Å². The molecule has 1 saturated heterocycles. The van der Waals surface area contributed by atoms with E-state index in [2.05, 4.69) is 4.74 Å². The van der Waals surface area contributed by atoms with Gasteiger partial charge >= 0.3 is 19.7 Å². The number of halogens is 4. The molecule has 2 rings (SSSR count). The molecule has 134 valence electrons. The Morgan fingerprint density at radius 3 is 2.08 bits per heavy atom. The SMILES string of the molecule is CC1(C)OB([C@H](N)c2ccccc2OC(F)(F)C(F)F)OC1(C)C. The van der Waals surface area contributed by atoms with E-state index in [1.165, 1.54) is 18.2 Å². The third-order valence-electron chi connectivity index (χ3n) is 4.34. The summed E-state index contributed by atoms with van der Waals surface area (Å²) in [5.41, 5.74) is 4.83. The molecular weight excluding hydrogens is 329 g/mol. The summed E-state index contributed by atoms with van der Waals surface area (Å²) in [5.74, 6) is -1.43. The summed E-state index contributed by atoms with van der Waals surface area (Å²) in [4.78, 5) is 0. The van der Waals surface area contributed by atoms with Crippen LogP contribution in [0.25, 0.3) is 0 Å². The van der Waals surface area contributed by atoms with Crippen LogP contribution in [0.4, 0.5) is 17.6 Å². The Kier molecular flexibility index (Phi) is 4.91. The highest BCUT2D eigenvalue weighted by Crippen LogP contribution is 2.41. The lowest BCUT2D eigenvalue weighted by Gasteiger charge is -2.32. The van der Waals surface area contributed by atoms with Crippen LogP contribution in [-0.2, 0) is 9.31 Å². The first kappa shape index (κ1) is 19.0. The number of nitrogens with two attached hydrogens (primary N) is 1. The van der Waals surface area contributed by atoms with Gasteiger partial charge in [0.05, 0.1) is 17.1 Å². The minimum Gasteiger partial charge on any atom is -0.428 e. The molecule has 0 aliphatic carbocycles. The normalized spacial score (nSPS) is 21.2. The molecule has 9 heteroatoms. The van der Waals surface area contributed by atoms with Crippen molar-refractivity contribution in [2.24, 2.45) is 5.73 Å². The zero-order chi connectivity index (χ0) is 18.3. The molecule has 1 fully saturated rings. The summed E-state index contributed by atoms with van der Waals surface area (Å²) in [6.07, 6.45) is -8.58. The zero-order valence-electron chi connectivity index (χ0n) is 13.9. The van der Waals surface area contributed by atoms with Crippen LogP contribution in [0.2, 0.25) is 0 Å². The van der Waals surface area contributed by atoms with Gasteiger partial charge in [0.2, 0.25) is 0 Å². The Labute approximate surface area is 138 Å². The molecule has 0 radical (unpaired) electrons. The van der Waals surface area contributed by atoms with Gasteiger partial charge in [0.15, 0.2) is 0 Å². The van der Waals surface area contributed by atoms with E-state index in [9.17, 15) is 17.6 Å². The quantitative estimate of drug-likeness (QED) is 0.653. The molecule has 1 aliphatic heterocycles. The summed E-state index contributed by atoms with van der Waals surface area (Å²) in [5, 5.41) is 0. The van der Waals surface area contributed by atoms with Gasteiger partial charge < -0.3 is 19.8 Å². The highest BCUT2D eigenvalue weighted by atomic mass is 19.3. The maximum absolute atomic E-state index is 13.2. The van der Waals surface area contributed by atoms with Gasteiger partial charge in [-0.05, 0) is 33.8 Å². The van der Waals surface area contributed by atoms with E-state index in [1.54, 1.807) is 0 Å². The largest absolute Gasteiger partial charge is 0.480 e. The standard InChI is InChI=1S/C15H20BF4NO3/c1-13(2)14(3,4)24-16(23-13)11(21)9-7-5-6-8-10(9)22-15(19,20)12(17)18/h5-8,11-12H,21H2,1-4H3/t11-/m1/s1. The fourth-order valence-corrected chi connectivity index (χ4v) is 2.22. The highest BCUT2D eigenvalue weighted by molar-refractivity contribution is 6.47. The summed E-state index contributed by atoms with van der Waals surface area (Å²) >= 11 is 0. The molecule has 1 aromatic rings. The van der Waals surface area contributed by atoms with Crippen molar-refractivity contribution in [1.29, 1.82) is 0 Å². The molecule has 0 spiro atoms. The van der Waals surface area contributed by atoms with E-state index in [4.69, 9.17) is 15.0 Å². The molecule has 1 atom stereocenters. The molecule has 0 amide bonds. The molecule has 1 aromatic carbocycles. The van der Waals surface area contributed by atoms with Crippen molar-refractivity contribution in [2.75, 3.05) is 0 Å². The van der Waals surface area contributed by atoms with Gasteiger partial charge in [0.25, 0.3) is 0 Å². The zero-order valence-corrected chi connectivity index (χ0v) is 13.9. The lowest BCUT2D eigenvalue weighted by Crippen LogP contribution is -2.41. The van der Waals surface area contributed by atoms with Crippen LogP contribution in [0.5, 0.6) is 5.75 Å². The van der Waals surface area contributed by atoms with Gasteiger partial charge in [-0.1, -0.05) is 18.2 Å². The Bertz CT molecular complexity index is 582. The second kappa shape index (κ2) is 6.20. The third kappa shape index (κ3) is 3.53. The van der Waals surface area contributed by atoms with Crippen LogP contribution in [0.15, 0.2) is 24.3 Å². The summed E-state index contributed by atoms with van der Waals surface area (Å²) < 4.78 is 67.0. The van der Waals surface area contributed by atoms with Crippen molar-refractivity contribution in [3.63, 3.8) is 0 Å². The second-order valence-electron chi connectivity index (χ2n) is 6.65. The highest BCUT2D eigenvalue weighted by Gasteiger charge is 2.54. The molecule has 0 aromatic heterocycles. The average Bonchev–Trinajstić information content (AvgIpc) is 2.67. The molecular formula is C15H20BF4NO3. The van der Waals surface area contributed by atoms with Gasteiger partial charge in [0.1, 0.15) is 5.75 Å². The minimum atomic E-state index is -4.62. The summed E-state index contributed by atoms with van der Waals surface area (Å²) in [6.45, 7) is 7.25. The third-order valence-corrected chi connectivity index (χ3v) is 4.34. The Morgan fingerprint density at radius 2 is 1.58 bits per heavy atom. The van der Waals surface area contributed by atoms with E-state index in [0.29, 0.717) is 0 Å². The molecule has 1 heterocycles. The first-order chi connectivity index (χ1) is 10.9. The summed E-state index contributed by atoms with van der Waals surface area (Å²) in [7, 11) is -0.931. The van der Waals surface area contributed by atoms with Gasteiger partial charge in [-0.15, -0.1) is 0 Å². The molecule has 0 saturated carbocycles. The number of benzene rings is 1. The van der Waals surface area contributed by atoms with Gasteiger partial charge in [0, 0.05) is 5.56 Å². The van der Waals surface area contributed by atoms with Crippen molar-refractivity contribution < 1.29 is 31.6 Å². The lowest BCUT2D eigenvalue weighted by molar-refractivity contribution is -0.253. The lowest BCUT2D eigenvalue weighted by atomic mass is 9.74. The Balaban J connectivity index is 2.27. The van der Waals surface area contributed by atoms with Crippen molar-refractivity contribution in [1.82, 2.24) is 0 Å². The van der Waals surface area contributed by atoms with Gasteiger partial charge in [-0.25, -0.2) is 0 Å². The molecule has 2 N–H and O–H groups in total. The number of alkyl halides is 4. The maximum atomic E-state index is 13.2. The van der Waals surface area contributed by atoms with Gasteiger partial charge in [-0.2, -0.15) is 17.6 Å². The fraction of sp³-hybridized carbons (Fsp3) is 0.600. The van der Waals surface area contributed by atoms with Crippen LogP contribution in [-0.4, -0.2) is 30.9 Å². The number of para-hydroxylation sites is 1. The van der Waals surface area contributed by atoms with Crippen LogP contribution in [0.3, 0.4) is 0 Å². The maximum Gasteiger partial charge on any atom is 0.480 e. The minimum absolute atomic E-state index is 0.0938. The molecule has 1 aliphatic rings. The second-order valence-corrected chi connectivity index (χ2v) is 6.65. The predicted octanol–water partition coefficient (Wildman–Crippen LogP) is 3.55. The fourth-order valence-electron chi connectivity index (χ4n) is 2.22. The first-order valence-electron chi connectivity index (χ1n) is 7.42. The number of ether oxygens (including phenoxy) is 1. The number of rotatable bonds is 5. The van der Waals surface area contributed by atoms with Crippen molar-refractivity contribution in [2.45, 2.75) is 57.4 Å². The van der Waals surface area contributed by atoms with E-state index in [-0.39, 0.29) is 5.56 Å². The smallest absolute Gasteiger partial charge is 0.428 e. The van der Waals surface area contributed by atoms with E-state index < -0.39 is 42.5 Å². The monoisotopic (exact) mass is 349 g/mol. The molecule has 4 nitrogen and oxygen atoms in total. The number of hydrogen-bond acceptors (Lipinski definition) is 4. The Morgan fingerprint density at radius 1 is 1.08 bits per heavy atom. The van der Waals surface area contributed by atoms with Crippen LogP contribution >= 0.6 is 0 Å². The van der Waals surface area contributed by atoms with Gasteiger partial charge in [-0.3, -0.25) is 0 Å². The van der Waals surface area contributed by atoms with Crippen LogP contribution < -0.4 is 10.5 Å². The van der Waals surface area contributed by atoms with Crippen molar-refractivity contribution >= 4 is 7.12 Å². The summed E-state index contributed by atoms with van der Waals surface area (Å²) in [6, 6.07) is 5.48. The molecule has 24 heavy (non-hydrogen) atoms. The first-order valence-corrected chi connectivity index (χ1v) is 7.42. The Hall–Kier alpha value is -1.32. The number of hydrogen-bond donors (Lipinski definition) is 1.